The number of anilines is 1. The van der Waals surface area contributed by atoms with E-state index in [1.54, 1.807) is 48.5 Å². The van der Waals surface area contributed by atoms with Crippen LogP contribution in [0.5, 0.6) is 5.75 Å². The van der Waals surface area contributed by atoms with Crippen LogP contribution >= 0.6 is 22.9 Å². The molecule has 1 fully saturated rings. The maximum atomic E-state index is 15.0. The van der Waals surface area contributed by atoms with Crippen molar-refractivity contribution in [1.82, 2.24) is 4.98 Å². The summed E-state index contributed by atoms with van der Waals surface area (Å²) in [6.07, 6.45) is 0. The summed E-state index contributed by atoms with van der Waals surface area (Å²) in [6.45, 7) is 2.32. The lowest BCUT2D eigenvalue weighted by atomic mass is 9.95. The maximum absolute atomic E-state index is 15.0. The number of aliphatic hydroxyl groups excluding tert-OH is 1. The van der Waals surface area contributed by atoms with Crippen LogP contribution < -0.4 is 9.64 Å². The maximum Gasteiger partial charge on any atom is 0.301 e. The van der Waals surface area contributed by atoms with Crippen molar-refractivity contribution >= 4 is 55.7 Å². The van der Waals surface area contributed by atoms with E-state index in [9.17, 15) is 14.7 Å². The molecule has 1 amide bonds. The quantitative estimate of drug-likeness (QED) is 0.200. The predicted octanol–water partition coefficient (Wildman–Crippen LogP) is 6.11. The number of aliphatic hydroxyl groups is 1. The highest BCUT2D eigenvalue weighted by atomic mass is 35.5. The molecule has 1 unspecified atom stereocenters. The molecule has 0 aliphatic carbocycles. The molecule has 1 saturated heterocycles. The molecular formula is C26H18ClFN2O4S. The Kier molecular flexibility index (Phi) is 6.00. The molecular weight excluding hydrogens is 491 g/mol. The highest BCUT2D eigenvalue weighted by molar-refractivity contribution is 7.22. The van der Waals surface area contributed by atoms with E-state index in [2.05, 4.69) is 4.98 Å². The van der Waals surface area contributed by atoms with Gasteiger partial charge in [0.2, 0.25) is 0 Å². The third kappa shape index (κ3) is 4.05. The summed E-state index contributed by atoms with van der Waals surface area (Å²) in [4.78, 5) is 32.1. The summed E-state index contributed by atoms with van der Waals surface area (Å²) in [7, 11) is 0. The molecule has 1 aliphatic heterocycles. The van der Waals surface area contributed by atoms with Gasteiger partial charge in [-0.25, -0.2) is 9.37 Å². The van der Waals surface area contributed by atoms with Gasteiger partial charge >= 0.3 is 5.91 Å². The van der Waals surface area contributed by atoms with Crippen molar-refractivity contribution in [2.24, 2.45) is 0 Å². The van der Waals surface area contributed by atoms with Gasteiger partial charge in [-0.3, -0.25) is 14.5 Å². The average molecular weight is 509 g/mol. The smallest absolute Gasteiger partial charge is 0.301 e. The third-order valence-electron chi connectivity index (χ3n) is 5.63. The molecule has 0 radical (unpaired) electrons. The van der Waals surface area contributed by atoms with Gasteiger partial charge in [-0.2, -0.15) is 0 Å². The normalized spacial score (nSPS) is 17.3. The Morgan fingerprint density at radius 3 is 2.60 bits per heavy atom. The molecule has 5 rings (SSSR count). The second-order valence-corrected chi connectivity index (χ2v) is 9.20. The van der Waals surface area contributed by atoms with Crippen LogP contribution in [0.15, 0.2) is 72.3 Å². The Bertz CT molecular complexity index is 1500. The van der Waals surface area contributed by atoms with Crippen molar-refractivity contribution in [3.05, 3.63) is 94.3 Å². The summed E-state index contributed by atoms with van der Waals surface area (Å²) < 4.78 is 21.1. The minimum atomic E-state index is -1.21. The molecule has 0 spiro atoms. The first kappa shape index (κ1) is 23.0. The summed E-state index contributed by atoms with van der Waals surface area (Å²) in [5.74, 6) is -2.28. The van der Waals surface area contributed by atoms with E-state index >= 15 is 4.39 Å². The fourth-order valence-electron chi connectivity index (χ4n) is 4.04. The second-order valence-electron chi connectivity index (χ2n) is 7.76. The average Bonchev–Trinajstić information content (AvgIpc) is 3.37. The van der Waals surface area contributed by atoms with Crippen molar-refractivity contribution in [3.63, 3.8) is 0 Å². The first-order valence-electron chi connectivity index (χ1n) is 10.7. The van der Waals surface area contributed by atoms with Crippen LogP contribution in [0, 0.1) is 5.82 Å². The number of Topliss-reactive ketones (excluding diaryl/α,β-unsaturated/α-hetero) is 1. The number of hydrogen-bond donors (Lipinski definition) is 1. The number of carbonyl (C=O) groups excluding carboxylic acids is 2. The molecule has 1 aromatic heterocycles. The molecule has 2 heterocycles. The van der Waals surface area contributed by atoms with Gasteiger partial charge in [-0.1, -0.05) is 41.1 Å². The van der Waals surface area contributed by atoms with Gasteiger partial charge in [0.15, 0.2) is 5.13 Å². The second kappa shape index (κ2) is 9.13. The lowest BCUT2D eigenvalue weighted by Gasteiger charge is -2.23. The van der Waals surface area contributed by atoms with E-state index in [1.807, 2.05) is 6.92 Å². The monoisotopic (exact) mass is 508 g/mol. The molecule has 6 nitrogen and oxygen atoms in total. The Hall–Kier alpha value is -3.75. The Morgan fingerprint density at radius 1 is 1.14 bits per heavy atom. The summed E-state index contributed by atoms with van der Waals surface area (Å²) in [6, 6.07) is 16.1. The molecule has 1 aliphatic rings. The molecule has 1 atom stereocenters. The number of halogens is 2. The number of nitrogens with zero attached hydrogens (tertiary/aromatic N) is 2. The minimum Gasteiger partial charge on any atom is -0.507 e. The van der Waals surface area contributed by atoms with Crippen LogP contribution in [0.3, 0.4) is 0 Å². The zero-order chi connectivity index (χ0) is 24.7. The first-order chi connectivity index (χ1) is 16.9. The van der Waals surface area contributed by atoms with Gasteiger partial charge in [0.1, 0.15) is 23.4 Å². The number of carbonyl (C=O) groups is 2. The Labute approximate surface area is 208 Å². The molecule has 1 N–H and O–H groups in total. The minimum absolute atomic E-state index is 0.0662. The molecule has 176 valence electrons. The zero-order valence-electron chi connectivity index (χ0n) is 18.4. The van der Waals surface area contributed by atoms with Gasteiger partial charge < -0.3 is 9.84 Å². The number of ketones is 1. The molecule has 3 aromatic carbocycles. The molecule has 0 bridgehead atoms. The van der Waals surface area contributed by atoms with Crippen molar-refractivity contribution in [1.29, 1.82) is 0 Å². The number of thiazole rings is 1. The fourth-order valence-corrected chi connectivity index (χ4v) is 5.31. The van der Waals surface area contributed by atoms with Crippen LogP contribution in [0.1, 0.15) is 24.1 Å². The van der Waals surface area contributed by atoms with Gasteiger partial charge in [-0.05, 0) is 55.5 Å². The van der Waals surface area contributed by atoms with Crippen molar-refractivity contribution in [2.45, 2.75) is 13.0 Å². The molecule has 0 saturated carbocycles. The number of hydrogen-bond acceptors (Lipinski definition) is 6. The molecule has 9 heteroatoms. The Morgan fingerprint density at radius 2 is 1.89 bits per heavy atom. The lowest BCUT2D eigenvalue weighted by Crippen LogP contribution is -2.29. The van der Waals surface area contributed by atoms with E-state index in [0.29, 0.717) is 33.2 Å². The highest BCUT2D eigenvalue weighted by Crippen LogP contribution is 2.45. The zero-order valence-corrected chi connectivity index (χ0v) is 19.9. The number of fused-ring (bicyclic) bond motifs is 1. The number of rotatable bonds is 5. The highest BCUT2D eigenvalue weighted by Gasteiger charge is 2.49. The van der Waals surface area contributed by atoms with Crippen LogP contribution in [-0.4, -0.2) is 28.4 Å². The van der Waals surface area contributed by atoms with Gasteiger partial charge in [0.25, 0.3) is 5.78 Å². The number of benzene rings is 3. The standard InChI is InChI=1S/C26H18ClFN2O4S/c1-2-34-16-10-7-14(8-11-16)23(31)21-22(17-5-3-4-6-18(17)28)30(25(33)24(21)32)26-29-19-12-9-15(27)13-20(19)35-26/h3-13,22,31H,2H2,1H3/b23-21+. The molecule has 4 aromatic rings. The van der Waals surface area contributed by atoms with Gasteiger partial charge in [0, 0.05) is 16.1 Å². The van der Waals surface area contributed by atoms with E-state index < -0.39 is 29.3 Å². The van der Waals surface area contributed by atoms with Gasteiger partial charge in [-0.15, -0.1) is 0 Å². The first-order valence-corrected chi connectivity index (χ1v) is 11.9. The fraction of sp³-hybridized carbons (Fsp3) is 0.115. The van der Waals surface area contributed by atoms with Crippen molar-refractivity contribution in [3.8, 4) is 5.75 Å². The SMILES string of the molecule is CCOc1ccc(/C(O)=C2\C(=O)C(=O)N(c3nc4ccc(Cl)cc4s3)C2c2ccccc2F)cc1. The summed E-state index contributed by atoms with van der Waals surface area (Å²) >= 11 is 7.24. The van der Waals surface area contributed by atoms with Crippen LogP contribution in [0.25, 0.3) is 16.0 Å². The predicted molar refractivity (Wildman–Crippen MR) is 133 cm³/mol. The van der Waals surface area contributed by atoms with Gasteiger partial charge in [0.05, 0.1) is 22.4 Å². The van der Waals surface area contributed by atoms with Crippen LogP contribution in [0.4, 0.5) is 9.52 Å². The topological polar surface area (TPSA) is 79.7 Å². The summed E-state index contributed by atoms with van der Waals surface area (Å²) in [5, 5.41) is 11.9. The lowest BCUT2D eigenvalue weighted by molar-refractivity contribution is -0.132. The van der Waals surface area contributed by atoms with Crippen LogP contribution in [-0.2, 0) is 9.59 Å². The van der Waals surface area contributed by atoms with E-state index in [1.165, 1.54) is 18.2 Å². The van der Waals surface area contributed by atoms with E-state index in [0.717, 1.165) is 16.2 Å². The number of ether oxygens (including phenoxy) is 1. The van der Waals surface area contributed by atoms with Crippen LogP contribution in [0.2, 0.25) is 5.02 Å². The van der Waals surface area contributed by atoms with Crippen molar-refractivity contribution < 1.29 is 23.8 Å². The molecule has 35 heavy (non-hydrogen) atoms. The summed E-state index contributed by atoms with van der Waals surface area (Å²) in [5.41, 5.74) is 0.719. The van der Waals surface area contributed by atoms with Crippen molar-refractivity contribution in [2.75, 3.05) is 11.5 Å². The van der Waals surface area contributed by atoms with E-state index in [-0.39, 0.29) is 16.3 Å². The Balaban J connectivity index is 1.70. The number of amides is 1. The third-order valence-corrected chi connectivity index (χ3v) is 6.88. The van der Waals surface area contributed by atoms with E-state index in [4.69, 9.17) is 16.3 Å². The largest absolute Gasteiger partial charge is 0.507 e. The number of aromatic nitrogens is 1.